The van der Waals surface area contributed by atoms with Crippen molar-refractivity contribution in [3.63, 3.8) is 0 Å². The molecule has 8 heteroatoms. The number of nitro groups is 1. The molecule has 2 rings (SSSR count). The van der Waals surface area contributed by atoms with Crippen LogP contribution in [0, 0.1) is 15.9 Å². The van der Waals surface area contributed by atoms with Gasteiger partial charge in [0.1, 0.15) is 5.69 Å². The van der Waals surface area contributed by atoms with Crippen LogP contribution in [-0.2, 0) is 17.8 Å². The Morgan fingerprint density at radius 2 is 2.05 bits per heavy atom. The van der Waals surface area contributed by atoms with Gasteiger partial charge in [0.15, 0.2) is 5.82 Å². The summed E-state index contributed by atoms with van der Waals surface area (Å²) in [4.78, 5) is 22.2. The third kappa shape index (κ3) is 3.76. The number of nitrogens with zero attached hydrogens (tertiary/aromatic N) is 1. The van der Waals surface area contributed by atoms with Crippen molar-refractivity contribution in [2.24, 2.45) is 0 Å². The molecular formula is C13H11FN2O4S. The minimum atomic E-state index is -0.930. The molecule has 0 spiro atoms. The van der Waals surface area contributed by atoms with Gasteiger partial charge in [-0.1, -0.05) is 6.07 Å². The molecule has 0 bridgehead atoms. The van der Waals surface area contributed by atoms with Crippen molar-refractivity contribution in [2.45, 2.75) is 13.0 Å². The zero-order valence-electron chi connectivity index (χ0n) is 10.7. The molecule has 21 heavy (non-hydrogen) atoms. The van der Waals surface area contributed by atoms with Gasteiger partial charge in [-0.25, -0.2) is 4.39 Å². The molecule has 0 aliphatic heterocycles. The van der Waals surface area contributed by atoms with E-state index in [0.717, 1.165) is 10.9 Å². The first kappa shape index (κ1) is 14.9. The topological polar surface area (TPSA) is 92.5 Å². The van der Waals surface area contributed by atoms with Crippen molar-refractivity contribution in [2.75, 3.05) is 5.32 Å². The third-order valence-electron chi connectivity index (χ3n) is 2.67. The second kappa shape index (κ2) is 6.31. The molecule has 2 N–H and O–H groups in total. The fraction of sp³-hybridized carbons (Fsp3) is 0.154. The molecule has 1 aromatic heterocycles. The van der Waals surface area contributed by atoms with Crippen LogP contribution >= 0.6 is 11.3 Å². The van der Waals surface area contributed by atoms with Gasteiger partial charge in [-0.05, 0) is 18.2 Å². The third-order valence-corrected chi connectivity index (χ3v) is 3.76. The number of anilines is 1. The molecule has 0 aliphatic rings. The summed E-state index contributed by atoms with van der Waals surface area (Å²) in [7, 11) is 0. The van der Waals surface area contributed by atoms with Gasteiger partial charge >= 0.3 is 5.97 Å². The number of halogens is 1. The van der Waals surface area contributed by atoms with Crippen molar-refractivity contribution in [1.82, 2.24) is 0 Å². The van der Waals surface area contributed by atoms with Gasteiger partial charge < -0.3 is 10.4 Å². The Labute approximate surface area is 123 Å². The van der Waals surface area contributed by atoms with Crippen LogP contribution in [0.4, 0.5) is 15.8 Å². The van der Waals surface area contributed by atoms with Crippen LogP contribution in [0.25, 0.3) is 0 Å². The number of nitro benzene ring substituents is 1. The van der Waals surface area contributed by atoms with Crippen LogP contribution in [0.3, 0.4) is 0 Å². The van der Waals surface area contributed by atoms with Gasteiger partial charge in [0.25, 0.3) is 5.69 Å². The summed E-state index contributed by atoms with van der Waals surface area (Å²) in [5.41, 5.74) is -0.506. The Morgan fingerprint density at radius 3 is 2.71 bits per heavy atom. The van der Waals surface area contributed by atoms with E-state index in [0.29, 0.717) is 4.88 Å². The summed E-state index contributed by atoms with van der Waals surface area (Å²) in [5.74, 6) is -1.63. The van der Waals surface area contributed by atoms with Crippen molar-refractivity contribution >= 4 is 28.7 Å². The van der Waals surface area contributed by atoms with E-state index < -0.39 is 16.7 Å². The molecule has 1 heterocycles. The number of carboxylic acid groups (broad SMARTS) is 1. The number of benzene rings is 1. The molecule has 0 amide bonds. The van der Waals surface area contributed by atoms with E-state index in [1.54, 1.807) is 12.1 Å². The smallest absolute Gasteiger partial charge is 0.308 e. The number of para-hydroxylation sites is 1. The fourth-order valence-corrected chi connectivity index (χ4v) is 2.73. The normalized spacial score (nSPS) is 10.3. The van der Waals surface area contributed by atoms with Crippen LogP contribution in [0.15, 0.2) is 30.3 Å². The van der Waals surface area contributed by atoms with Crippen LogP contribution in [0.1, 0.15) is 9.75 Å². The predicted molar refractivity (Wildman–Crippen MR) is 76.0 cm³/mol. The monoisotopic (exact) mass is 310 g/mol. The summed E-state index contributed by atoms with van der Waals surface area (Å²) in [5, 5.41) is 22.2. The molecule has 1 aromatic carbocycles. The highest BCUT2D eigenvalue weighted by Crippen LogP contribution is 2.28. The standard InChI is InChI=1S/C13H11FN2O4S/c14-10-2-1-3-11(16(19)20)13(10)15-7-9-5-4-8(21-9)6-12(17)18/h1-5,15H,6-7H2,(H,17,18). The summed E-state index contributed by atoms with van der Waals surface area (Å²) in [6.45, 7) is 0.187. The number of hydrogen-bond donors (Lipinski definition) is 2. The first-order chi connectivity index (χ1) is 9.97. The maximum atomic E-state index is 13.6. The molecule has 110 valence electrons. The Kier molecular flexibility index (Phi) is 4.49. The van der Waals surface area contributed by atoms with E-state index >= 15 is 0 Å². The summed E-state index contributed by atoms with van der Waals surface area (Å²) in [6, 6.07) is 7.01. The Morgan fingerprint density at radius 1 is 1.33 bits per heavy atom. The summed E-state index contributed by atoms with van der Waals surface area (Å²) in [6.07, 6.45) is -0.0789. The zero-order valence-corrected chi connectivity index (χ0v) is 11.5. The second-order valence-electron chi connectivity index (χ2n) is 4.18. The van der Waals surface area contributed by atoms with Gasteiger partial charge in [-0.3, -0.25) is 14.9 Å². The molecule has 0 aliphatic carbocycles. The maximum absolute atomic E-state index is 13.6. The number of carbonyl (C=O) groups is 1. The molecule has 0 radical (unpaired) electrons. The molecule has 0 unspecified atom stereocenters. The lowest BCUT2D eigenvalue weighted by Crippen LogP contribution is -2.03. The van der Waals surface area contributed by atoms with E-state index in [2.05, 4.69) is 5.32 Å². The van der Waals surface area contributed by atoms with Gasteiger partial charge in [0.05, 0.1) is 11.3 Å². The Balaban J connectivity index is 2.11. The Bertz CT molecular complexity index is 687. The minimum absolute atomic E-state index is 0.0789. The fourth-order valence-electron chi connectivity index (χ4n) is 1.78. The number of nitrogens with one attached hydrogen (secondary N) is 1. The van der Waals surface area contributed by atoms with Crippen LogP contribution in [0.5, 0.6) is 0 Å². The molecule has 0 atom stereocenters. The summed E-state index contributed by atoms with van der Waals surface area (Å²) >= 11 is 1.26. The molecule has 2 aromatic rings. The lowest BCUT2D eigenvalue weighted by Gasteiger charge is -2.06. The number of carboxylic acids is 1. The first-order valence-corrected chi connectivity index (χ1v) is 6.75. The van der Waals surface area contributed by atoms with E-state index in [-0.39, 0.29) is 24.3 Å². The number of hydrogen-bond acceptors (Lipinski definition) is 5. The molecule has 0 saturated carbocycles. The highest BCUT2D eigenvalue weighted by atomic mass is 32.1. The maximum Gasteiger partial charge on any atom is 0.308 e. The van der Waals surface area contributed by atoms with Gasteiger partial charge in [-0.15, -0.1) is 11.3 Å². The van der Waals surface area contributed by atoms with Crippen LogP contribution in [0.2, 0.25) is 0 Å². The Hall–Kier alpha value is -2.48. The quantitative estimate of drug-likeness (QED) is 0.632. The number of thiophene rings is 1. The van der Waals surface area contributed by atoms with Crippen molar-refractivity contribution < 1.29 is 19.2 Å². The van der Waals surface area contributed by atoms with Crippen molar-refractivity contribution in [3.05, 3.63) is 56.0 Å². The van der Waals surface area contributed by atoms with Crippen LogP contribution < -0.4 is 5.32 Å². The van der Waals surface area contributed by atoms with E-state index in [9.17, 15) is 19.3 Å². The SMILES string of the molecule is O=C(O)Cc1ccc(CNc2c(F)cccc2[N+](=O)[O-])s1. The zero-order chi connectivity index (χ0) is 15.4. The second-order valence-corrected chi connectivity index (χ2v) is 5.44. The molecule has 0 fully saturated rings. The lowest BCUT2D eigenvalue weighted by atomic mass is 10.2. The van der Waals surface area contributed by atoms with Gasteiger partial charge in [0.2, 0.25) is 0 Å². The number of aliphatic carboxylic acids is 1. The number of rotatable bonds is 6. The molecule has 0 saturated heterocycles. The summed E-state index contributed by atoms with van der Waals surface area (Å²) < 4.78 is 13.6. The van der Waals surface area contributed by atoms with Crippen molar-refractivity contribution in [1.29, 1.82) is 0 Å². The highest BCUT2D eigenvalue weighted by Gasteiger charge is 2.17. The van der Waals surface area contributed by atoms with Crippen LogP contribution in [-0.4, -0.2) is 16.0 Å². The lowest BCUT2D eigenvalue weighted by molar-refractivity contribution is -0.384. The largest absolute Gasteiger partial charge is 0.481 e. The van der Waals surface area contributed by atoms with E-state index in [4.69, 9.17) is 5.11 Å². The molecule has 6 nitrogen and oxygen atoms in total. The van der Waals surface area contributed by atoms with Crippen molar-refractivity contribution in [3.8, 4) is 0 Å². The van der Waals surface area contributed by atoms with E-state index in [1.807, 2.05) is 0 Å². The average molecular weight is 310 g/mol. The van der Waals surface area contributed by atoms with Gasteiger partial charge in [0, 0.05) is 22.4 Å². The average Bonchev–Trinajstić information content (AvgIpc) is 2.83. The molecular weight excluding hydrogens is 299 g/mol. The first-order valence-electron chi connectivity index (χ1n) is 5.93. The minimum Gasteiger partial charge on any atom is -0.481 e. The predicted octanol–water partition coefficient (Wildman–Crippen LogP) is 3.03. The highest BCUT2D eigenvalue weighted by molar-refractivity contribution is 7.12. The van der Waals surface area contributed by atoms with E-state index in [1.165, 1.54) is 23.5 Å². The van der Waals surface area contributed by atoms with Gasteiger partial charge in [-0.2, -0.15) is 0 Å².